The number of halogens is 3. The lowest BCUT2D eigenvalue weighted by Crippen LogP contribution is -2.39. The van der Waals surface area contributed by atoms with Crippen LogP contribution in [0, 0.1) is 11.7 Å². The number of carbonyl (C=O) groups is 1. The number of hydrogen-bond acceptors (Lipinski definition) is 8. The van der Waals surface area contributed by atoms with Gasteiger partial charge in [0.05, 0.1) is 23.2 Å². The molecule has 10 nitrogen and oxygen atoms in total. The Labute approximate surface area is 187 Å². The number of aromatic nitrogens is 5. The van der Waals surface area contributed by atoms with Crippen LogP contribution in [0.3, 0.4) is 0 Å². The van der Waals surface area contributed by atoms with E-state index in [1.807, 2.05) is 0 Å². The van der Waals surface area contributed by atoms with Gasteiger partial charge < -0.3 is 20.5 Å². The summed E-state index contributed by atoms with van der Waals surface area (Å²) >= 11 is 5.68. The minimum atomic E-state index is -0.842. The molecule has 2 atom stereocenters. The van der Waals surface area contributed by atoms with Crippen LogP contribution in [0.5, 0.6) is 11.6 Å². The largest absolute Gasteiger partial charge is 0.481 e. The number of pyridine rings is 1. The van der Waals surface area contributed by atoms with Crippen molar-refractivity contribution in [3.63, 3.8) is 0 Å². The average molecular weight is 470 g/mol. The van der Waals surface area contributed by atoms with Crippen molar-refractivity contribution >= 4 is 30.0 Å². The Bertz CT molecular complexity index is 1050. The molecule has 1 aromatic carbocycles. The lowest BCUT2D eigenvalue weighted by atomic mass is 10.0. The number of ether oxygens (including phenoxy) is 1. The first-order chi connectivity index (χ1) is 14.5. The monoisotopic (exact) mass is 469 g/mol. The molecule has 164 valence electrons. The van der Waals surface area contributed by atoms with E-state index in [1.165, 1.54) is 11.0 Å². The van der Waals surface area contributed by atoms with Gasteiger partial charge in [-0.05, 0) is 35.5 Å². The molecule has 1 saturated heterocycles. The molecule has 0 saturated carbocycles. The predicted octanol–water partition coefficient (Wildman–Crippen LogP) is 1.83. The van der Waals surface area contributed by atoms with Gasteiger partial charge in [-0.2, -0.15) is 0 Å². The third kappa shape index (κ3) is 5.44. The Morgan fingerprint density at radius 2 is 2.13 bits per heavy atom. The molecule has 2 aromatic heterocycles. The predicted molar refractivity (Wildman–Crippen MR) is 110 cm³/mol. The van der Waals surface area contributed by atoms with Crippen LogP contribution in [0.1, 0.15) is 5.82 Å². The lowest BCUT2D eigenvalue weighted by Gasteiger charge is -2.14. The molecule has 3 aromatic rings. The Morgan fingerprint density at radius 3 is 2.84 bits per heavy atom. The summed E-state index contributed by atoms with van der Waals surface area (Å²) in [7, 11) is 0. The zero-order valence-electron chi connectivity index (χ0n) is 15.9. The molecule has 1 aliphatic rings. The fourth-order valence-corrected chi connectivity index (χ4v) is 3.18. The standard InChI is InChI=1S/C18H17ClFN7O3.ClH/c19-10-5-14(20)17(23-6-10)30-12-3-1-11(2-4-12)27-25-16(24-26-27)9-22-15-8-21-7-13(15)18(28)29;/h1-6,13,15,21-22H,7-9H2,(H,28,29);1H/t13-,15-;/m1./s1. The average Bonchev–Trinajstić information content (AvgIpc) is 3.38. The first-order valence-electron chi connectivity index (χ1n) is 9.05. The van der Waals surface area contributed by atoms with E-state index in [4.69, 9.17) is 16.3 Å². The van der Waals surface area contributed by atoms with Crippen molar-refractivity contribution < 1.29 is 19.0 Å². The Kier molecular flexibility index (Phi) is 7.33. The highest BCUT2D eigenvalue weighted by Gasteiger charge is 2.32. The smallest absolute Gasteiger partial charge is 0.309 e. The van der Waals surface area contributed by atoms with Crippen molar-refractivity contribution in [1.29, 1.82) is 0 Å². The van der Waals surface area contributed by atoms with Gasteiger partial charge in [-0.1, -0.05) is 11.6 Å². The molecule has 1 fully saturated rings. The quantitative estimate of drug-likeness (QED) is 0.474. The summed E-state index contributed by atoms with van der Waals surface area (Å²) < 4.78 is 19.2. The van der Waals surface area contributed by atoms with E-state index in [1.54, 1.807) is 24.3 Å². The third-order valence-electron chi connectivity index (χ3n) is 4.57. The van der Waals surface area contributed by atoms with Crippen LogP contribution in [0.4, 0.5) is 4.39 Å². The van der Waals surface area contributed by atoms with Gasteiger partial charge in [-0.15, -0.1) is 27.4 Å². The van der Waals surface area contributed by atoms with Gasteiger partial charge in [0.15, 0.2) is 11.6 Å². The number of carboxylic acids is 1. The molecular weight excluding hydrogens is 452 g/mol. The van der Waals surface area contributed by atoms with E-state index >= 15 is 0 Å². The summed E-state index contributed by atoms with van der Waals surface area (Å²) in [5.41, 5.74) is 0.622. The molecule has 0 radical (unpaired) electrons. The van der Waals surface area contributed by atoms with Crippen molar-refractivity contribution in [2.24, 2.45) is 5.92 Å². The Balaban J connectivity index is 0.00000272. The second-order valence-corrected chi connectivity index (χ2v) is 7.06. The highest BCUT2D eigenvalue weighted by molar-refractivity contribution is 6.30. The highest BCUT2D eigenvalue weighted by atomic mass is 35.5. The topological polar surface area (TPSA) is 127 Å². The molecule has 0 spiro atoms. The van der Waals surface area contributed by atoms with E-state index in [0.717, 1.165) is 6.07 Å². The molecule has 0 bridgehead atoms. The van der Waals surface area contributed by atoms with Gasteiger partial charge in [0.1, 0.15) is 5.75 Å². The maximum atomic E-state index is 13.8. The van der Waals surface area contributed by atoms with E-state index in [-0.39, 0.29) is 29.4 Å². The molecule has 0 amide bonds. The van der Waals surface area contributed by atoms with Gasteiger partial charge in [0, 0.05) is 25.3 Å². The Morgan fingerprint density at radius 1 is 1.35 bits per heavy atom. The molecule has 0 unspecified atom stereocenters. The summed E-state index contributed by atoms with van der Waals surface area (Å²) in [5, 5.41) is 27.8. The highest BCUT2D eigenvalue weighted by Crippen LogP contribution is 2.24. The van der Waals surface area contributed by atoms with Gasteiger partial charge >= 0.3 is 5.97 Å². The van der Waals surface area contributed by atoms with Crippen LogP contribution in [0.2, 0.25) is 5.02 Å². The van der Waals surface area contributed by atoms with Crippen molar-refractivity contribution in [3.8, 4) is 17.3 Å². The van der Waals surface area contributed by atoms with Gasteiger partial charge in [-0.3, -0.25) is 4.79 Å². The van der Waals surface area contributed by atoms with Crippen molar-refractivity contribution in [2.75, 3.05) is 13.1 Å². The first kappa shape index (κ1) is 22.8. The summed E-state index contributed by atoms with van der Waals surface area (Å²) in [5.74, 6) is -1.37. The number of nitrogens with one attached hydrogen (secondary N) is 2. The summed E-state index contributed by atoms with van der Waals surface area (Å²) in [4.78, 5) is 16.4. The van der Waals surface area contributed by atoms with E-state index in [0.29, 0.717) is 36.9 Å². The number of benzene rings is 1. The Hall–Kier alpha value is -2.86. The van der Waals surface area contributed by atoms with Crippen LogP contribution in [0.25, 0.3) is 5.69 Å². The van der Waals surface area contributed by atoms with Crippen molar-refractivity contribution in [1.82, 2.24) is 35.8 Å². The summed E-state index contributed by atoms with van der Waals surface area (Å²) in [6, 6.07) is 7.52. The second-order valence-electron chi connectivity index (χ2n) is 6.62. The molecular formula is C18H18Cl2FN7O3. The molecule has 4 rings (SSSR count). The van der Waals surface area contributed by atoms with Crippen LogP contribution in [-0.4, -0.2) is 55.4 Å². The van der Waals surface area contributed by atoms with E-state index in [9.17, 15) is 14.3 Å². The number of nitrogens with zero attached hydrogens (tertiary/aromatic N) is 5. The number of aliphatic carboxylic acids is 1. The normalized spacial score (nSPS) is 17.9. The number of hydrogen-bond donors (Lipinski definition) is 3. The van der Waals surface area contributed by atoms with Crippen LogP contribution >= 0.6 is 24.0 Å². The van der Waals surface area contributed by atoms with Crippen LogP contribution < -0.4 is 15.4 Å². The van der Waals surface area contributed by atoms with Crippen molar-refractivity contribution in [3.05, 3.63) is 53.2 Å². The molecule has 3 N–H and O–H groups in total. The molecule has 13 heteroatoms. The molecule has 3 heterocycles. The van der Waals surface area contributed by atoms with Gasteiger partial charge in [0.25, 0.3) is 5.88 Å². The van der Waals surface area contributed by atoms with E-state index in [2.05, 4.69) is 31.0 Å². The molecule has 0 aliphatic carbocycles. The van der Waals surface area contributed by atoms with Gasteiger partial charge in [-0.25, -0.2) is 9.37 Å². The zero-order valence-corrected chi connectivity index (χ0v) is 17.5. The van der Waals surface area contributed by atoms with Crippen molar-refractivity contribution in [2.45, 2.75) is 12.6 Å². The van der Waals surface area contributed by atoms with Crippen LogP contribution in [-0.2, 0) is 11.3 Å². The number of tetrazole rings is 1. The second kappa shape index (κ2) is 9.96. The van der Waals surface area contributed by atoms with Crippen LogP contribution in [0.15, 0.2) is 36.5 Å². The minimum absolute atomic E-state index is 0. The maximum Gasteiger partial charge on any atom is 0.309 e. The first-order valence-corrected chi connectivity index (χ1v) is 9.42. The summed E-state index contributed by atoms with van der Waals surface area (Å²) in [6.45, 7) is 1.28. The number of rotatable bonds is 7. The van der Waals surface area contributed by atoms with Gasteiger partial charge in [0.2, 0.25) is 0 Å². The fourth-order valence-electron chi connectivity index (χ4n) is 3.03. The number of carboxylic acid groups (broad SMARTS) is 1. The lowest BCUT2D eigenvalue weighted by molar-refractivity contribution is -0.141. The molecule has 1 aliphatic heterocycles. The van der Waals surface area contributed by atoms with E-state index < -0.39 is 17.7 Å². The summed E-state index contributed by atoms with van der Waals surface area (Å²) in [6.07, 6.45) is 1.30. The minimum Gasteiger partial charge on any atom is -0.481 e. The fraction of sp³-hybridized carbons (Fsp3) is 0.278. The third-order valence-corrected chi connectivity index (χ3v) is 4.77. The zero-order chi connectivity index (χ0) is 21.1. The SMILES string of the molecule is Cl.O=C(O)[C@@H]1CNC[C@H]1NCc1nnn(-c2ccc(Oc3ncc(Cl)cc3F)cc2)n1. The molecule has 31 heavy (non-hydrogen) atoms. The maximum absolute atomic E-state index is 13.8.